The highest BCUT2D eigenvalue weighted by Crippen LogP contribution is 2.30. The highest BCUT2D eigenvalue weighted by atomic mass is 19.1. The number of aryl methyl sites for hydroxylation is 1. The van der Waals surface area contributed by atoms with E-state index in [1.807, 2.05) is 38.1 Å². The first-order chi connectivity index (χ1) is 9.88. The molecule has 2 rings (SSSR count). The van der Waals surface area contributed by atoms with Crippen LogP contribution in [0, 0.1) is 18.6 Å². The summed E-state index contributed by atoms with van der Waals surface area (Å²) in [6.07, 6.45) is 0.447. The van der Waals surface area contributed by atoms with Gasteiger partial charge in [-0.3, -0.25) is 0 Å². The zero-order valence-corrected chi connectivity index (χ0v) is 12.5. The van der Waals surface area contributed by atoms with Gasteiger partial charge in [0, 0.05) is 18.8 Å². The quantitative estimate of drug-likeness (QED) is 0.924. The van der Waals surface area contributed by atoms with Crippen molar-refractivity contribution in [3.05, 3.63) is 59.2 Å². The minimum atomic E-state index is -0.574. The Labute approximate surface area is 124 Å². The molecule has 2 N–H and O–H groups in total. The summed E-state index contributed by atoms with van der Waals surface area (Å²) in [7, 11) is 1.65. The number of hydrogen-bond acceptors (Lipinski definition) is 2. The third-order valence-corrected chi connectivity index (χ3v) is 3.36. The van der Waals surface area contributed by atoms with Gasteiger partial charge in [-0.15, -0.1) is 0 Å². The van der Waals surface area contributed by atoms with Crippen molar-refractivity contribution in [2.75, 3.05) is 11.9 Å². The average Bonchev–Trinajstić information content (AvgIpc) is 2.36. The van der Waals surface area contributed by atoms with Crippen LogP contribution in [0.25, 0.3) is 0 Å². The molecule has 0 heterocycles. The lowest BCUT2D eigenvalue weighted by molar-refractivity contribution is 0.578. The summed E-state index contributed by atoms with van der Waals surface area (Å²) in [6, 6.07) is 10.1. The fraction of sp³-hybridized carbons (Fsp3) is 0.294. The van der Waals surface area contributed by atoms with E-state index < -0.39 is 11.6 Å². The molecule has 0 aliphatic rings. The van der Waals surface area contributed by atoms with Crippen LogP contribution in [0.15, 0.2) is 36.4 Å². The Morgan fingerprint density at radius 2 is 1.76 bits per heavy atom. The van der Waals surface area contributed by atoms with Gasteiger partial charge in [0.2, 0.25) is 0 Å². The van der Waals surface area contributed by atoms with Crippen molar-refractivity contribution in [1.82, 2.24) is 0 Å². The second kappa shape index (κ2) is 6.22. The van der Waals surface area contributed by atoms with Crippen molar-refractivity contribution in [2.24, 2.45) is 5.73 Å². The molecule has 1 atom stereocenters. The lowest BCUT2D eigenvalue weighted by atomic mass is 10.1. The summed E-state index contributed by atoms with van der Waals surface area (Å²) in [6.45, 7) is 3.75. The predicted molar refractivity (Wildman–Crippen MR) is 83.0 cm³/mol. The maximum Gasteiger partial charge on any atom is 0.150 e. The van der Waals surface area contributed by atoms with Gasteiger partial charge < -0.3 is 10.6 Å². The molecule has 0 amide bonds. The normalized spacial score (nSPS) is 12.3. The van der Waals surface area contributed by atoms with Crippen molar-refractivity contribution in [3.8, 4) is 0 Å². The third-order valence-electron chi connectivity index (χ3n) is 3.36. The number of halogens is 2. The summed E-state index contributed by atoms with van der Waals surface area (Å²) < 4.78 is 28.6. The van der Waals surface area contributed by atoms with Crippen LogP contribution in [0.5, 0.6) is 0 Å². The Balaban J connectivity index is 2.40. The first-order valence-electron chi connectivity index (χ1n) is 6.92. The molecule has 4 heteroatoms. The molecule has 0 aliphatic carbocycles. The Kier molecular flexibility index (Phi) is 4.58. The molecule has 2 aromatic carbocycles. The van der Waals surface area contributed by atoms with Crippen molar-refractivity contribution < 1.29 is 8.78 Å². The summed E-state index contributed by atoms with van der Waals surface area (Å²) >= 11 is 0. The Morgan fingerprint density at radius 3 is 2.29 bits per heavy atom. The van der Waals surface area contributed by atoms with Gasteiger partial charge in [0.1, 0.15) is 17.3 Å². The van der Waals surface area contributed by atoms with Crippen LogP contribution in [-0.4, -0.2) is 13.1 Å². The Bertz CT molecular complexity index is 615. The van der Waals surface area contributed by atoms with E-state index in [-0.39, 0.29) is 11.7 Å². The van der Waals surface area contributed by atoms with Crippen molar-refractivity contribution in [3.63, 3.8) is 0 Å². The van der Waals surface area contributed by atoms with Gasteiger partial charge in [-0.1, -0.05) is 12.1 Å². The lowest BCUT2D eigenvalue weighted by Crippen LogP contribution is -2.19. The molecule has 2 nitrogen and oxygen atoms in total. The van der Waals surface area contributed by atoms with Crippen molar-refractivity contribution in [2.45, 2.75) is 26.3 Å². The minimum absolute atomic E-state index is 0.0472. The number of benzene rings is 2. The zero-order chi connectivity index (χ0) is 15.6. The van der Waals surface area contributed by atoms with Crippen molar-refractivity contribution >= 4 is 11.4 Å². The SMILES string of the molecule is Cc1cccc(N(C)c2c(F)cc(CC(C)N)cc2F)c1. The van der Waals surface area contributed by atoms with E-state index >= 15 is 0 Å². The fourth-order valence-corrected chi connectivity index (χ4v) is 2.39. The van der Waals surface area contributed by atoms with Crippen LogP contribution in [0.3, 0.4) is 0 Å². The second-order valence-electron chi connectivity index (χ2n) is 5.49. The molecule has 0 radical (unpaired) electrons. The monoisotopic (exact) mass is 290 g/mol. The molecule has 21 heavy (non-hydrogen) atoms. The van der Waals surface area contributed by atoms with E-state index in [2.05, 4.69) is 0 Å². The first kappa shape index (κ1) is 15.4. The molecule has 1 unspecified atom stereocenters. The largest absolute Gasteiger partial charge is 0.340 e. The predicted octanol–water partition coefficient (Wildman–Crippen LogP) is 3.93. The van der Waals surface area contributed by atoms with Crippen LogP contribution < -0.4 is 10.6 Å². The standard InChI is InChI=1S/C17H20F2N2/c1-11-5-4-6-14(7-11)21(3)17-15(18)9-13(8-12(2)20)10-16(17)19/h4-7,9-10,12H,8,20H2,1-3H3. The van der Waals surface area contributed by atoms with E-state index in [9.17, 15) is 8.78 Å². The van der Waals surface area contributed by atoms with Crippen molar-refractivity contribution in [1.29, 1.82) is 0 Å². The van der Waals surface area contributed by atoms with E-state index in [4.69, 9.17) is 5.73 Å². The minimum Gasteiger partial charge on any atom is -0.340 e. The van der Waals surface area contributed by atoms with E-state index in [0.29, 0.717) is 12.0 Å². The van der Waals surface area contributed by atoms with Gasteiger partial charge in [-0.05, 0) is 55.7 Å². The molecular formula is C17H20F2N2. The third kappa shape index (κ3) is 3.58. The van der Waals surface area contributed by atoms with Gasteiger partial charge in [-0.25, -0.2) is 8.78 Å². The van der Waals surface area contributed by atoms with E-state index in [0.717, 1.165) is 11.3 Å². The van der Waals surface area contributed by atoms with Crippen LogP contribution in [0.1, 0.15) is 18.1 Å². The topological polar surface area (TPSA) is 29.3 Å². The lowest BCUT2D eigenvalue weighted by Gasteiger charge is -2.22. The number of anilines is 2. The molecule has 0 saturated carbocycles. The van der Waals surface area contributed by atoms with E-state index in [1.54, 1.807) is 7.05 Å². The molecule has 0 aromatic heterocycles. The molecule has 112 valence electrons. The van der Waals surface area contributed by atoms with Crippen LogP contribution in [-0.2, 0) is 6.42 Å². The molecule has 2 aromatic rings. The van der Waals surface area contributed by atoms with Gasteiger partial charge in [-0.2, -0.15) is 0 Å². The Hall–Kier alpha value is -1.94. The molecule has 0 spiro atoms. The maximum absolute atomic E-state index is 14.3. The summed E-state index contributed by atoms with van der Waals surface area (Å²) in [5.41, 5.74) is 7.98. The molecule has 0 bridgehead atoms. The summed E-state index contributed by atoms with van der Waals surface area (Å²) in [5, 5.41) is 0. The highest BCUT2D eigenvalue weighted by molar-refractivity contribution is 5.64. The molecule has 0 aliphatic heterocycles. The smallest absolute Gasteiger partial charge is 0.150 e. The van der Waals surface area contributed by atoms with Gasteiger partial charge in [0.25, 0.3) is 0 Å². The zero-order valence-electron chi connectivity index (χ0n) is 12.5. The average molecular weight is 290 g/mol. The molecule has 0 saturated heterocycles. The first-order valence-corrected chi connectivity index (χ1v) is 6.92. The number of nitrogens with two attached hydrogens (primary N) is 1. The van der Waals surface area contributed by atoms with Crippen LogP contribution in [0.2, 0.25) is 0 Å². The summed E-state index contributed by atoms with van der Waals surface area (Å²) in [5.74, 6) is -1.15. The Morgan fingerprint density at radius 1 is 1.14 bits per heavy atom. The maximum atomic E-state index is 14.3. The number of rotatable bonds is 4. The second-order valence-corrected chi connectivity index (χ2v) is 5.49. The number of nitrogens with zero attached hydrogens (tertiary/aromatic N) is 1. The number of hydrogen-bond donors (Lipinski definition) is 1. The van der Waals surface area contributed by atoms with Gasteiger partial charge in [0.15, 0.2) is 0 Å². The molecule has 0 fully saturated rings. The van der Waals surface area contributed by atoms with Gasteiger partial charge in [0.05, 0.1) is 0 Å². The van der Waals surface area contributed by atoms with Gasteiger partial charge >= 0.3 is 0 Å². The molecular weight excluding hydrogens is 270 g/mol. The van der Waals surface area contributed by atoms with Crippen LogP contribution in [0.4, 0.5) is 20.2 Å². The highest BCUT2D eigenvalue weighted by Gasteiger charge is 2.17. The fourth-order valence-electron chi connectivity index (χ4n) is 2.39. The van der Waals surface area contributed by atoms with Crippen LogP contribution >= 0.6 is 0 Å². The summed E-state index contributed by atoms with van der Waals surface area (Å²) in [4.78, 5) is 1.52. The van der Waals surface area contributed by atoms with E-state index in [1.165, 1.54) is 17.0 Å².